The van der Waals surface area contributed by atoms with Crippen molar-refractivity contribution < 1.29 is 9.90 Å². The molecule has 1 N–H and O–H groups in total. The highest BCUT2D eigenvalue weighted by molar-refractivity contribution is 5.71. The van der Waals surface area contributed by atoms with Gasteiger partial charge >= 0.3 is 5.97 Å². The summed E-state index contributed by atoms with van der Waals surface area (Å²) in [4.78, 5) is 31.0. The molecule has 1 aromatic carbocycles. The molecule has 1 fully saturated rings. The maximum Gasteiger partial charge on any atom is 0.308 e. The van der Waals surface area contributed by atoms with Crippen LogP contribution in [0.3, 0.4) is 0 Å². The van der Waals surface area contributed by atoms with Crippen molar-refractivity contribution in [1.29, 1.82) is 0 Å². The fourth-order valence-corrected chi connectivity index (χ4v) is 3.48. The molecule has 27 heavy (non-hydrogen) atoms. The summed E-state index contributed by atoms with van der Waals surface area (Å²) < 4.78 is 0. The molecule has 7 heteroatoms. The summed E-state index contributed by atoms with van der Waals surface area (Å²) in [5, 5.41) is 9.61. The molecule has 0 saturated carbocycles. The minimum Gasteiger partial charge on any atom is -0.481 e. The number of rotatable bonds is 4. The smallest absolute Gasteiger partial charge is 0.308 e. The Kier molecular flexibility index (Phi) is 4.74. The van der Waals surface area contributed by atoms with E-state index >= 15 is 0 Å². The van der Waals surface area contributed by atoms with Gasteiger partial charge in [-0.25, -0.2) is 9.97 Å². The quantitative estimate of drug-likeness (QED) is 0.763. The molecule has 1 saturated heterocycles. The maximum atomic E-state index is 11.7. The van der Waals surface area contributed by atoms with Crippen LogP contribution in [0.25, 0.3) is 11.4 Å². The molecule has 4 rings (SSSR count). The third-order valence-electron chi connectivity index (χ3n) is 4.82. The molecule has 0 spiro atoms. The van der Waals surface area contributed by atoms with E-state index in [2.05, 4.69) is 19.9 Å². The zero-order chi connectivity index (χ0) is 18.6. The number of hydrogen-bond donors (Lipinski definition) is 1. The normalized spacial score (nSPS) is 19.6. The molecule has 2 unspecified atom stereocenters. The van der Waals surface area contributed by atoms with Gasteiger partial charge in [0.25, 0.3) is 0 Å². The average molecular weight is 361 g/mol. The lowest BCUT2D eigenvalue weighted by atomic mass is 9.84. The van der Waals surface area contributed by atoms with E-state index in [4.69, 9.17) is 0 Å². The summed E-state index contributed by atoms with van der Waals surface area (Å²) in [6, 6.07) is 11.8. The van der Waals surface area contributed by atoms with E-state index < -0.39 is 11.9 Å². The van der Waals surface area contributed by atoms with Crippen LogP contribution in [0.4, 0.5) is 5.95 Å². The Labute approximate surface area is 156 Å². The first kappa shape index (κ1) is 17.1. The molecule has 3 heterocycles. The number of benzene rings is 1. The van der Waals surface area contributed by atoms with Gasteiger partial charge in [0.1, 0.15) is 5.69 Å². The van der Waals surface area contributed by atoms with Crippen LogP contribution in [-0.2, 0) is 4.79 Å². The van der Waals surface area contributed by atoms with Crippen LogP contribution < -0.4 is 4.90 Å². The van der Waals surface area contributed by atoms with Crippen LogP contribution in [0.15, 0.2) is 61.2 Å². The SMILES string of the molecule is O=C(O)C1CC(c2ccccc2)CN(c2nccc(-c3cnccn3)n2)C1. The van der Waals surface area contributed by atoms with E-state index in [1.807, 2.05) is 35.2 Å². The van der Waals surface area contributed by atoms with E-state index in [9.17, 15) is 9.90 Å². The number of aromatic nitrogens is 4. The van der Waals surface area contributed by atoms with Crippen LogP contribution in [0.2, 0.25) is 0 Å². The van der Waals surface area contributed by atoms with E-state index in [0.29, 0.717) is 36.8 Å². The first-order valence-electron chi connectivity index (χ1n) is 8.83. The van der Waals surface area contributed by atoms with Gasteiger partial charge in [0.05, 0.1) is 17.8 Å². The van der Waals surface area contributed by atoms with E-state index in [-0.39, 0.29) is 5.92 Å². The van der Waals surface area contributed by atoms with Crippen LogP contribution in [0, 0.1) is 5.92 Å². The molecule has 136 valence electrons. The monoisotopic (exact) mass is 361 g/mol. The van der Waals surface area contributed by atoms with Gasteiger partial charge in [0.15, 0.2) is 0 Å². The minimum absolute atomic E-state index is 0.116. The van der Waals surface area contributed by atoms with E-state index in [1.165, 1.54) is 0 Å². The minimum atomic E-state index is -0.786. The Morgan fingerprint density at radius 2 is 1.85 bits per heavy atom. The van der Waals surface area contributed by atoms with Crippen molar-refractivity contribution in [3.8, 4) is 11.4 Å². The number of piperidine rings is 1. The van der Waals surface area contributed by atoms with Gasteiger partial charge in [-0.05, 0) is 18.1 Å². The summed E-state index contributed by atoms with van der Waals surface area (Å²) in [6.45, 7) is 1.07. The lowest BCUT2D eigenvalue weighted by molar-refractivity contribution is -0.142. The Morgan fingerprint density at radius 1 is 1.00 bits per heavy atom. The first-order chi connectivity index (χ1) is 13.2. The van der Waals surface area contributed by atoms with Gasteiger partial charge < -0.3 is 10.0 Å². The molecular formula is C20H19N5O2. The second-order valence-corrected chi connectivity index (χ2v) is 6.62. The van der Waals surface area contributed by atoms with Crippen molar-refractivity contribution in [3.63, 3.8) is 0 Å². The lowest BCUT2D eigenvalue weighted by Gasteiger charge is -2.36. The van der Waals surface area contributed by atoms with Gasteiger partial charge in [-0.2, -0.15) is 0 Å². The second kappa shape index (κ2) is 7.49. The molecular weight excluding hydrogens is 342 g/mol. The predicted molar refractivity (Wildman–Crippen MR) is 100 cm³/mol. The Bertz CT molecular complexity index is 920. The molecule has 2 aromatic heterocycles. The van der Waals surface area contributed by atoms with Crippen molar-refractivity contribution in [2.75, 3.05) is 18.0 Å². The number of anilines is 1. The van der Waals surface area contributed by atoms with Crippen molar-refractivity contribution in [2.45, 2.75) is 12.3 Å². The fraction of sp³-hybridized carbons (Fsp3) is 0.250. The largest absolute Gasteiger partial charge is 0.481 e. The summed E-state index contributed by atoms with van der Waals surface area (Å²) in [5.41, 5.74) is 2.47. The van der Waals surface area contributed by atoms with Gasteiger partial charge in [-0.15, -0.1) is 0 Å². The average Bonchev–Trinajstić information content (AvgIpc) is 2.75. The molecule has 0 radical (unpaired) electrons. The van der Waals surface area contributed by atoms with Gasteiger partial charge in [0.2, 0.25) is 5.95 Å². The van der Waals surface area contributed by atoms with Crippen LogP contribution >= 0.6 is 0 Å². The van der Waals surface area contributed by atoms with Gasteiger partial charge in [-0.1, -0.05) is 30.3 Å². The van der Waals surface area contributed by atoms with Gasteiger partial charge in [-0.3, -0.25) is 14.8 Å². The number of carboxylic acids is 1. The number of nitrogens with zero attached hydrogens (tertiary/aromatic N) is 5. The molecule has 7 nitrogen and oxygen atoms in total. The third kappa shape index (κ3) is 3.76. The summed E-state index contributed by atoms with van der Waals surface area (Å²) in [5.74, 6) is -0.617. The molecule has 0 amide bonds. The molecule has 0 bridgehead atoms. The highest BCUT2D eigenvalue weighted by atomic mass is 16.4. The maximum absolute atomic E-state index is 11.7. The highest BCUT2D eigenvalue weighted by Gasteiger charge is 2.33. The van der Waals surface area contributed by atoms with E-state index in [1.54, 1.807) is 30.9 Å². The van der Waals surface area contributed by atoms with E-state index in [0.717, 1.165) is 5.56 Å². The predicted octanol–water partition coefficient (Wildman–Crippen LogP) is 2.63. The van der Waals surface area contributed by atoms with Crippen LogP contribution in [0.5, 0.6) is 0 Å². The summed E-state index contributed by atoms with van der Waals surface area (Å²) in [6.07, 6.45) is 7.16. The first-order valence-corrected chi connectivity index (χ1v) is 8.83. The fourth-order valence-electron chi connectivity index (χ4n) is 3.48. The number of aliphatic carboxylic acids is 1. The number of hydrogen-bond acceptors (Lipinski definition) is 6. The third-order valence-corrected chi connectivity index (χ3v) is 4.82. The Hall–Kier alpha value is -3.35. The lowest BCUT2D eigenvalue weighted by Crippen LogP contribution is -2.43. The molecule has 0 aliphatic carbocycles. The van der Waals surface area contributed by atoms with Crippen LogP contribution in [0.1, 0.15) is 17.9 Å². The molecule has 1 aliphatic heterocycles. The molecule has 1 aliphatic rings. The van der Waals surface area contributed by atoms with Crippen molar-refractivity contribution in [1.82, 2.24) is 19.9 Å². The second-order valence-electron chi connectivity index (χ2n) is 6.62. The highest BCUT2D eigenvalue weighted by Crippen LogP contribution is 2.32. The molecule has 3 aromatic rings. The molecule has 2 atom stereocenters. The number of carbonyl (C=O) groups is 1. The van der Waals surface area contributed by atoms with Crippen molar-refractivity contribution in [2.24, 2.45) is 5.92 Å². The van der Waals surface area contributed by atoms with Gasteiger partial charge in [0, 0.05) is 37.6 Å². The summed E-state index contributed by atoms with van der Waals surface area (Å²) >= 11 is 0. The van der Waals surface area contributed by atoms with Crippen LogP contribution in [-0.4, -0.2) is 44.1 Å². The van der Waals surface area contributed by atoms with Crippen molar-refractivity contribution in [3.05, 3.63) is 66.7 Å². The number of carboxylic acid groups (broad SMARTS) is 1. The Morgan fingerprint density at radius 3 is 2.59 bits per heavy atom. The zero-order valence-electron chi connectivity index (χ0n) is 14.6. The summed E-state index contributed by atoms with van der Waals surface area (Å²) in [7, 11) is 0. The Balaban J connectivity index is 1.64. The topological polar surface area (TPSA) is 92.1 Å². The standard InChI is InChI=1S/C20H19N5O2/c26-19(27)16-10-15(14-4-2-1-3-5-14)12-25(13-16)20-23-7-6-17(24-20)18-11-21-8-9-22-18/h1-9,11,15-16H,10,12-13H2,(H,26,27). The van der Waals surface area contributed by atoms with Crippen molar-refractivity contribution >= 4 is 11.9 Å². The zero-order valence-corrected chi connectivity index (χ0v) is 14.6.